The smallest absolute Gasteiger partial charge is 0.338 e. The van der Waals surface area contributed by atoms with E-state index in [2.05, 4.69) is 19.9 Å². The first kappa shape index (κ1) is 22.7. The highest BCUT2D eigenvalue weighted by Crippen LogP contribution is 2.45. The van der Waals surface area contributed by atoms with Gasteiger partial charge in [-0.05, 0) is 70.4 Å². The van der Waals surface area contributed by atoms with E-state index in [1.54, 1.807) is 18.2 Å². The molecule has 1 heterocycles. The van der Waals surface area contributed by atoms with Crippen molar-refractivity contribution < 1.29 is 23.9 Å². The molecule has 1 fully saturated rings. The number of allylic oxidation sites excluding steroid dienone is 4. The summed E-state index contributed by atoms with van der Waals surface area (Å²) >= 11 is 0. The molecule has 0 bridgehead atoms. The highest BCUT2D eigenvalue weighted by atomic mass is 16.6. The van der Waals surface area contributed by atoms with Crippen LogP contribution in [0.2, 0.25) is 0 Å². The molecule has 0 saturated carbocycles. The molecule has 0 radical (unpaired) electrons. The fourth-order valence-electron chi connectivity index (χ4n) is 4.17. The summed E-state index contributed by atoms with van der Waals surface area (Å²) in [6, 6.07) is 7.21. The summed E-state index contributed by atoms with van der Waals surface area (Å²) in [5, 5.41) is 0. The summed E-state index contributed by atoms with van der Waals surface area (Å²) < 4.78 is 11.3. The van der Waals surface area contributed by atoms with Gasteiger partial charge in [0.1, 0.15) is 12.2 Å². The van der Waals surface area contributed by atoms with Crippen molar-refractivity contribution in [3.63, 3.8) is 0 Å². The van der Waals surface area contributed by atoms with Gasteiger partial charge in [-0.2, -0.15) is 0 Å². The Hall–Kier alpha value is -2.95. The Morgan fingerprint density at radius 2 is 1.97 bits per heavy atom. The molecule has 1 aromatic rings. The van der Waals surface area contributed by atoms with E-state index >= 15 is 0 Å². The summed E-state index contributed by atoms with van der Waals surface area (Å²) in [5.41, 5.74) is 2.60. The zero-order valence-corrected chi connectivity index (χ0v) is 18.6. The number of ether oxygens (including phenoxy) is 2. The maximum atomic E-state index is 12.9. The van der Waals surface area contributed by atoms with Crippen LogP contribution in [0.3, 0.4) is 0 Å². The van der Waals surface area contributed by atoms with Gasteiger partial charge in [0, 0.05) is 6.42 Å². The van der Waals surface area contributed by atoms with Crippen molar-refractivity contribution in [1.29, 1.82) is 0 Å². The number of carbonyl (C=O) groups excluding carboxylic acids is 3. The Morgan fingerprint density at radius 1 is 1.23 bits per heavy atom. The van der Waals surface area contributed by atoms with E-state index in [0.717, 1.165) is 24.0 Å². The van der Waals surface area contributed by atoms with Crippen LogP contribution in [0.5, 0.6) is 0 Å². The summed E-state index contributed by atoms with van der Waals surface area (Å²) in [7, 11) is 0. The predicted octanol–water partition coefficient (Wildman–Crippen LogP) is 5.04. The standard InChI is InChI=1S/C26H30O5/c1-17(2)8-7-9-18(3)14-23-26(16-24(28)31-23)15-20(12-13-22(26)27)30-25(29)21-11-6-5-10-19(21)4/h5-6,8,10-14,20,23H,7,9,15-16H2,1-4H3/b18-14+/t20-,23-,26+/m1/s1. The molecule has 2 aliphatic rings. The predicted molar refractivity (Wildman–Crippen MR) is 118 cm³/mol. The van der Waals surface area contributed by atoms with Gasteiger partial charge >= 0.3 is 11.9 Å². The molecule has 0 unspecified atom stereocenters. The second-order valence-corrected chi connectivity index (χ2v) is 8.76. The van der Waals surface area contributed by atoms with Crippen LogP contribution < -0.4 is 0 Å². The molecule has 31 heavy (non-hydrogen) atoms. The molecular weight excluding hydrogens is 392 g/mol. The third-order valence-corrected chi connectivity index (χ3v) is 5.93. The molecule has 5 nitrogen and oxygen atoms in total. The minimum absolute atomic E-state index is 0.00297. The first-order valence-electron chi connectivity index (χ1n) is 10.7. The van der Waals surface area contributed by atoms with Crippen LogP contribution in [0.15, 0.2) is 59.7 Å². The van der Waals surface area contributed by atoms with Crippen LogP contribution in [0, 0.1) is 12.3 Å². The van der Waals surface area contributed by atoms with E-state index in [-0.39, 0.29) is 18.6 Å². The minimum Gasteiger partial charge on any atom is -0.457 e. The Kier molecular flexibility index (Phi) is 6.94. The maximum Gasteiger partial charge on any atom is 0.338 e. The third-order valence-electron chi connectivity index (χ3n) is 5.93. The van der Waals surface area contributed by atoms with E-state index in [4.69, 9.17) is 9.47 Å². The Labute approximate surface area is 183 Å². The molecule has 1 saturated heterocycles. The summed E-state index contributed by atoms with van der Waals surface area (Å²) in [6.45, 7) is 7.94. The number of aryl methyl sites for hydroxylation is 1. The van der Waals surface area contributed by atoms with Gasteiger partial charge in [0.15, 0.2) is 5.78 Å². The zero-order chi connectivity index (χ0) is 22.6. The number of hydrogen-bond acceptors (Lipinski definition) is 5. The largest absolute Gasteiger partial charge is 0.457 e. The molecular formula is C26H30O5. The summed E-state index contributed by atoms with van der Waals surface area (Å²) in [4.78, 5) is 37.8. The lowest BCUT2D eigenvalue weighted by Gasteiger charge is -2.34. The van der Waals surface area contributed by atoms with E-state index in [1.165, 1.54) is 11.6 Å². The summed E-state index contributed by atoms with van der Waals surface area (Å²) in [6.07, 6.45) is 7.78. The lowest BCUT2D eigenvalue weighted by molar-refractivity contribution is -0.140. The quantitative estimate of drug-likeness (QED) is 0.474. The number of benzene rings is 1. The number of hydrogen-bond donors (Lipinski definition) is 0. The van der Waals surface area contributed by atoms with Crippen molar-refractivity contribution in [2.45, 2.75) is 65.6 Å². The molecule has 0 amide bonds. The first-order chi connectivity index (χ1) is 14.7. The molecule has 5 heteroatoms. The van der Waals surface area contributed by atoms with E-state index in [9.17, 15) is 14.4 Å². The van der Waals surface area contributed by atoms with Gasteiger partial charge in [-0.25, -0.2) is 4.79 Å². The maximum absolute atomic E-state index is 12.9. The number of esters is 2. The highest BCUT2D eigenvalue weighted by molar-refractivity contribution is 6.00. The highest BCUT2D eigenvalue weighted by Gasteiger charge is 2.55. The van der Waals surface area contributed by atoms with Crippen LogP contribution in [-0.2, 0) is 19.1 Å². The van der Waals surface area contributed by atoms with Crippen molar-refractivity contribution in [2.24, 2.45) is 5.41 Å². The average molecular weight is 423 g/mol. The van der Waals surface area contributed by atoms with Gasteiger partial charge in [-0.15, -0.1) is 0 Å². The molecule has 164 valence electrons. The SMILES string of the molecule is CC(C)=CCC/C(C)=C/[C@H]1OC(=O)C[C@]12C[C@H](OC(=O)c1ccccc1C)C=CC2=O. The number of carbonyl (C=O) groups is 3. The second-order valence-electron chi connectivity index (χ2n) is 8.76. The molecule has 1 spiro atoms. The van der Waals surface area contributed by atoms with Crippen molar-refractivity contribution in [2.75, 3.05) is 0 Å². The molecule has 0 N–H and O–H groups in total. The molecule has 0 aromatic heterocycles. The topological polar surface area (TPSA) is 69.7 Å². The number of cyclic esters (lactones) is 1. The minimum atomic E-state index is -1.03. The third kappa shape index (κ3) is 5.22. The number of rotatable bonds is 6. The average Bonchev–Trinajstić information content (AvgIpc) is 3.00. The fraction of sp³-hybridized carbons (Fsp3) is 0.423. The van der Waals surface area contributed by atoms with Crippen molar-refractivity contribution in [3.05, 3.63) is 70.8 Å². The Morgan fingerprint density at radius 3 is 2.68 bits per heavy atom. The molecule has 1 aliphatic heterocycles. The molecule has 1 aromatic carbocycles. The van der Waals surface area contributed by atoms with Gasteiger partial charge in [0.05, 0.1) is 17.4 Å². The Balaban J connectivity index is 1.78. The monoisotopic (exact) mass is 422 g/mol. The lowest BCUT2D eigenvalue weighted by Crippen LogP contribution is -2.43. The van der Waals surface area contributed by atoms with Crippen LogP contribution in [0.4, 0.5) is 0 Å². The van der Waals surface area contributed by atoms with E-state index < -0.39 is 29.6 Å². The van der Waals surface area contributed by atoms with Crippen LogP contribution >= 0.6 is 0 Å². The normalized spacial score (nSPS) is 25.5. The van der Waals surface area contributed by atoms with E-state index in [1.807, 2.05) is 32.1 Å². The van der Waals surface area contributed by atoms with Crippen molar-refractivity contribution in [3.8, 4) is 0 Å². The fourth-order valence-corrected chi connectivity index (χ4v) is 4.17. The van der Waals surface area contributed by atoms with Gasteiger partial charge in [-0.3, -0.25) is 9.59 Å². The molecule has 3 atom stereocenters. The van der Waals surface area contributed by atoms with Crippen LogP contribution in [-0.4, -0.2) is 29.9 Å². The van der Waals surface area contributed by atoms with Crippen LogP contribution in [0.25, 0.3) is 0 Å². The van der Waals surface area contributed by atoms with Crippen molar-refractivity contribution >= 4 is 17.7 Å². The zero-order valence-electron chi connectivity index (χ0n) is 18.6. The first-order valence-corrected chi connectivity index (χ1v) is 10.7. The second kappa shape index (κ2) is 9.46. The summed E-state index contributed by atoms with van der Waals surface area (Å²) in [5.74, 6) is -0.988. The van der Waals surface area contributed by atoms with Gasteiger partial charge in [0.2, 0.25) is 0 Å². The van der Waals surface area contributed by atoms with E-state index in [0.29, 0.717) is 5.56 Å². The Bertz CT molecular complexity index is 964. The lowest BCUT2D eigenvalue weighted by atomic mass is 9.69. The van der Waals surface area contributed by atoms with Gasteiger partial charge < -0.3 is 9.47 Å². The van der Waals surface area contributed by atoms with Gasteiger partial charge in [0.25, 0.3) is 0 Å². The molecule has 1 aliphatic carbocycles. The molecule has 3 rings (SSSR count). The van der Waals surface area contributed by atoms with Crippen LogP contribution in [0.1, 0.15) is 62.4 Å². The van der Waals surface area contributed by atoms with Gasteiger partial charge in [-0.1, -0.05) is 35.4 Å². The van der Waals surface area contributed by atoms with Crippen molar-refractivity contribution in [1.82, 2.24) is 0 Å². The number of ketones is 1.